The maximum Gasteiger partial charge on any atom is 0.270 e. The number of aliphatic hydroxyl groups excluding tert-OH is 2. The monoisotopic (exact) mass is 255 g/mol. The van der Waals surface area contributed by atoms with Crippen molar-refractivity contribution in [1.82, 2.24) is 0 Å². The summed E-state index contributed by atoms with van der Waals surface area (Å²) in [7, 11) is 0. The van der Waals surface area contributed by atoms with Crippen LogP contribution in [0.2, 0.25) is 0 Å². The fraction of sp³-hybridized carbons (Fsp3) is 0.500. The summed E-state index contributed by atoms with van der Waals surface area (Å²) in [6.45, 7) is 3.45. The summed E-state index contributed by atoms with van der Waals surface area (Å²) in [6.07, 6.45) is -0.875. The second-order valence-corrected chi connectivity index (χ2v) is 4.14. The van der Waals surface area contributed by atoms with E-state index in [1.54, 1.807) is 6.92 Å². The van der Waals surface area contributed by atoms with Gasteiger partial charge in [0.25, 0.3) is 5.69 Å². The van der Waals surface area contributed by atoms with Crippen LogP contribution in [-0.4, -0.2) is 27.8 Å². The van der Waals surface area contributed by atoms with Gasteiger partial charge in [0.1, 0.15) is 5.75 Å². The van der Waals surface area contributed by atoms with E-state index in [9.17, 15) is 15.2 Å². The molecular formula is C12H17NO5. The van der Waals surface area contributed by atoms with Crippen molar-refractivity contribution in [1.29, 1.82) is 0 Å². The zero-order valence-corrected chi connectivity index (χ0v) is 10.4. The van der Waals surface area contributed by atoms with Gasteiger partial charge in [0.05, 0.1) is 23.7 Å². The number of hydrogen-bond donors (Lipinski definition) is 2. The number of hydrogen-bond acceptors (Lipinski definition) is 5. The molecule has 0 aliphatic heterocycles. The van der Waals surface area contributed by atoms with Gasteiger partial charge < -0.3 is 14.9 Å². The van der Waals surface area contributed by atoms with Crippen molar-refractivity contribution >= 4 is 5.69 Å². The first-order valence-corrected chi connectivity index (χ1v) is 5.69. The highest BCUT2D eigenvalue weighted by atomic mass is 16.6. The lowest BCUT2D eigenvalue weighted by molar-refractivity contribution is -0.385. The summed E-state index contributed by atoms with van der Waals surface area (Å²) in [6, 6.07) is 4.08. The Morgan fingerprint density at radius 1 is 1.39 bits per heavy atom. The fourth-order valence-electron chi connectivity index (χ4n) is 1.45. The smallest absolute Gasteiger partial charge is 0.270 e. The molecule has 18 heavy (non-hydrogen) atoms. The maximum atomic E-state index is 10.6. The van der Waals surface area contributed by atoms with Crippen molar-refractivity contribution in [2.24, 2.45) is 0 Å². The van der Waals surface area contributed by atoms with E-state index >= 15 is 0 Å². The van der Waals surface area contributed by atoms with Gasteiger partial charge in [0.15, 0.2) is 0 Å². The molecule has 0 bridgehead atoms. The van der Waals surface area contributed by atoms with Gasteiger partial charge in [-0.25, -0.2) is 0 Å². The van der Waals surface area contributed by atoms with Crippen molar-refractivity contribution in [2.75, 3.05) is 6.61 Å². The quantitative estimate of drug-likeness (QED) is 0.597. The summed E-state index contributed by atoms with van der Waals surface area (Å²) in [5, 5.41) is 29.3. The highest BCUT2D eigenvalue weighted by Crippen LogP contribution is 2.29. The van der Waals surface area contributed by atoms with Crippen molar-refractivity contribution in [3.63, 3.8) is 0 Å². The molecule has 6 nitrogen and oxygen atoms in total. The van der Waals surface area contributed by atoms with Crippen LogP contribution in [0.15, 0.2) is 18.2 Å². The molecule has 0 spiro atoms. The highest BCUT2D eigenvalue weighted by Gasteiger charge is 2.15. The molecule has 6 heteroatoms. The first-order valence-electron chi connectivity index (χ1n) is 5.69. The minimum atomic E-state index is -0.855. The summed E-state index contributed by atoms with van der Waals surface area (Å²) in [5.74, 6) is 0.399. The molecule has 0 amide bonds. The first kappa shape index (κ1) is 14.4. The topological polar surface area (TPSA) is 92.8 Å². The summed E-state index contributed by atoms with van der Waals surface area (Å²) in [4.78, 5) is 10.1. The van der Waals surface area contributed by atoms with E-state index in [2.05, 4.69) is 0 Å². The van der Waals surface area contributed by atoms with E-state index in [1.165, 1.54) is 25.1 Å². The Morgan fingerprint density at radius 3 is 2.56 bits per heavy atom. The van der Waals surface area contributed by atoms with Crippen LogP contribution in [0, 0.1) is 10.1 Å². The van der Waals surface area contributed by atoms with Crippen molar-refractivity contribution in [2.45, 2.75) is 32.5 Å². The molecule has 0 radical (unpaired) electrons. The van der Waals surface area contributed by atoms with Gasteiger partial charge >= 0.3 is 0 Å². The molecule has 0 aromatic heterocycles. The minimum absolute atomic E-state index is 0.0891. The van der Waals surface area contributed by atoms with Gasteiger partial charge in [-0.05, 0) is 19.9 Å². The molecule has 0 saturated heterocycles. The Bertz CT molecular complexity index is 417. The van der Waals surface area contributed by atoms with E-state index in [0.29, 0.717) is 17.7 Å². The lowest BCUT2D eigenvalue weighted by atomic mass is 10.1. The molecule has 1 aromatic carbocycles. The molecule has 100 valence electrons. The number of nitro benzene ring substituents is 1. The Labute approximate surface area is 105 Å². The van der Waals surface area contributed by atoms with Crippen LogP contribution in [-0.2, 0) is 0 Å². The van der Waals surface area contributed by atoms with Crippen LogP contribution in [0.1, 0.15) is 31.9 Å². The predicted molar refractivity (Wildman–Crippen MR) is 65.5 cm³/mol. The number of rotatable bonds is 6. The number of ether oxygens (including phenoxy) is 1. The summed E-state index contributed by atoms with van der Waals surface area (Å²) < 4.78 is 5.40. The van der Waals surface area contributed by atoms with Crippen LogP contribution in [0.4, 0.5) is 5.69 Å². The van der Waals surface area contributed by atoms with Crippen molar-refractivity contribution in [3.8, 4) is 5.75 Å². The second-order valence-electron chi connectivity index (χ2n) is 4.14. The van der Waals surface area contributed by atoms with Gasteiger partial charge in [0, 0.05) is 24.1 Å². The number of nitro groups is 1. The normalized spacial score (nSPS) is 14.0. The van der Waals surface area contributed by atoms with Crippen LogP contribution < -0.4 is 4.74 Å². The zero-order chi connectivity index (χ0) is 13.7. The van der Waals surface area contributed by atoms with Crippen LogP contribution in [0.3, 0.4) is 0 Å². The Balaban J connectivity index is 2.86. The van der Waals surface area contributed by atoms with Gasteiger partial charge in [-0.15, -0.1) is 0 Å². The van der Waals surface area contributed by atoms with E-state index in [1.807, 2.05) is 0 Å². The highest BCUT2D eigenvalue weighted by molar-refractivity contribution is 5.44. The predicted octanol–water partition coefficient (Wildman–Crippen LogP) is 1.80. The van der Waals surface area contributed by atoms with Crippen molar-refractivity contribution in [3.05, 3.63) is 33.9 Å². The molecular weight excluding hydrogens is 238 g/mol. The lowest BCUT2D eigenvalue weighted by Gasteiger charge is -2.13. The second kappa shape index (κ2) is 6.32. The SMILES string of the molecule is CC(O)CCOc1ccc([N+](=O)[O-])cc1[C@@H](C)O. The molecule has 0 saturated carbocycles. The molecule has 2 atom stereocenters. The zero-order valence-electron chi connectivity index (χ0n) is 10.4. The van der Waals surface area contributed by atoms with Crippen LogP contribution in [0.5, 0.6) is 5.75 Å². The summed E-state index contributed by atoms with van der Waals surface area (Å²) in [5.41, 5.74) is 0.281. The third-order valence-corrected chi connectivity index (χ3v) is 2.45. The van der Waals surface area contributed by atoms with Gasteiger partial charge in [0.2, 0.25) is 0 Å². The molecule has 1 rings (SSSR count). The maximum absolute atomic E-state index is 10.6. The van der Waals surface area contributed by atoms with Crippen LogP contribution in [0.25, 0.3) is 0 Å². The van der Waals surface area contributed by atoms with E-state index in [4.69, 9.17) is 9.84 Å². The number of benzene rings is 1. The van der Waals surface area contributed by atoms with E-state index in [-0.39, 0.29) is 12.3 Å². The summed E-state index contributed by atoms with van der Waals surface area (Å²) >= 11 is 0. The lowest BCUT2D eigenvalue weighted by Crippen LogP contribution is -2.09. The van der Waals surface area contributed by atoms with Gasteiger partial charge in [-0.1, -0.05) is 0 Å². The fourth-order valence-corrected chi connectivity index (χ4v) is 1.45. The standard InChI is InChI=1S/C12H17NO5/c1-8(14)5-6-18-12-4-3-10(13(16)17)7-11(12)9(2)15/h3-4,7-9,14-15H,5-6H2,1-2H3/t8?,9-/m1/s1. The molecule has 0 heterocycles. The first-order chi connectivity index (χ1) is 8.41. The largest absolute Gasteiger partial charge is 0.493 e. The van der Waals surface area contributed by atoms with Gasteiger partial charge in [-0.2, -0.15) is 0 Å². The van der Waals surface area contributed by atoms with E-state index in [0.717, 1.165) is 0 Å². The third kappa shape index (κ3) is 3.97. The Kier molecular flexibility index (Phi) is 5.06. The van der Waals surface area contributed by atoms with Gasteiger partial charge in [-0.3, -0.25) is 10.1 Å². The minimum Gasteiger partial charge on any atom is -0.493 e. The average molecular weight is 255 g/mol. The molecule has 1 unspecified atom stereocenters. The van der Waals surface area contributed by atoms with E-state index < -0.39 is 17.1 Å². The molecule has 2 N–H and O–H groups in total. The Morgan fingerprint density at radius 2 is 2.06 bits per heavy atom. The molecule has 0 aliphatic rings. The number of non-ortho nitro benzene ring substituents is 1. The van der Waals surface area contributed by atoms with Crippen molar-refractivity contribution < 1.29 is 19.9 Å². The third-order valence-electron chi connectivity index (χ3n) is 2.45. The Hall–Kier alpha value is -1.66. The molecule has 0 aliphatic carbocycles. The molecule has 1 aromatic rings. The number of aliphatic hydroxyl groups is 2. The van der Waals surface area contributed by atoms with Crippen LogP contribution >= 0.6 is 0 Å². The molecule has 0 fully saturated rings. The number of nitrogens with zero attached hydrogens (tertiary/aromatic N) is 1. The average Bonchev–Trinajstić information content (AvgIpc) is 2.28.